The van der Waals surface area contributed by atoms with Crippen molar-refractivity contribution in [3.63, 3.8) is 0 Å². The molecule has 0 unspecified atom stereocenters. The number of ether oxygens (including phenoxy) is 1. The Labute approximate surface area is 113 Å². The molecule has 0 spiro atoms. The van der Waals surface area contributed by atoms with Crippen LogP contribution in [0.15, 0.2) is 36.7 Å². The molecule has 0 aliphatic rings. The van der Waals surface area contributed by atoms with E-state index in [-0.39, 0.29) is 11.8 Å². The van der Waals surface area contributed by atoms with Gasteiger partial charge in [-0.1, -0.05) is 12.1 Å². The number of hydrogen-bond acceptors (Lipinski definition) is 4. The van der Waals surface area contributed by atoms with E-state index in [1.54, 1.807) is 7.05 Å². The number of hydrogen-bond donors (Lipinski definition) is 1. The summed E-state index contributed by atoms with van der Waals surface area (Å²) >= 11 is 0. The van der Waals surface area contributed by atoms with E-state index >= 15 is 0 Å². The molecule has 0 bridgehead atoms. The Hall–Kier alpha value is -2.15. The number of para-hydroxylation sites is 1. The van der Waals surface area contributed by atoms with Crippen LogP contribution in [0.1, 0.15) is 11.1 Å². The second-order valence-electron chi connectivity index (χ2n) is 4.00. The average Bonchev–Trinajstić information content (AvgIpc) is 2.41. The van der Waals surface area contributed by atoms with E-state index in [0.29, 0.717) is 6.54 Å². The molecular formula is C13H12F3N3O. The van der Waals surface area contributed by atoms with Gasteiger partial charge in [0.1, 0.15) is 5.75 Å². The highest BCUT2D eigenvalue weighted by atomic mass is 19.4. The normalized spacial score (nSPS) is 11.4. The van der Waals surface area contributed by atoms with E-state index in [4.69, 9.17) is 4.74 Å². The van der Waals surface area contributed by atoms with Gasteiger partial charge in [0.25, 0.3) is 0 Å². The summed E-state index contributed by atoms with van der Waals surface area (Å²) in [6.07, 6.45) is -1.49. The molecule has 0 aliphatic carbocycles. The molecule has 0 atom stereocenters. The predicted molar refractivity (Wildman–Crippen MR) is 66.3 cm³/mol. The molecule has 0 fully saturated rings. The lowest BCUT2D eigenvalue weighted by molar-refractivity contribution is -0.138. The summed E-state index contributed by atoms with van der Waals surface area (Å²) in [7, 11) is 1.77. The minimum atomic E-state index is -4.48. The Bertz CT molecular complexity index is 570. The van der Waals surface area contributed by atoms with Crippen molar-refractivity contribution in [1.29, 1.82) is 0 Å². The molecule has 1 heterocycles. The Morgan fingerprint density at radius 2 is 1.80 bits per heavy atom. The monoisotopic (exact) mass is 283 g/mol. The molecule has 4 nitrogen and oxygen atoms in total. The first-order valence-electron chi connectivity index (χ1n) is 5.80. The Kier molecular flexibility index (Phi) is 4.19. The van der Waals surface area contributed by atoms with Crippen molar-refractivity contribution < 1.29 is 17.9 Å². The van der Waals surface area contributed by atoms with Crippen LogP contribution >= 0.6 is 0 Å². The largest absolute Gasteiger partial charge is 0.424 e. The molecule has 20 heavy (non-hydrogen) atoms. The van der Waals surface area contributed by atoms with Crippen LogP contribution in [0, 0.1) is 0 Å². The van der Waals surface area contributed by atoms with Crippen molar-refractivity contribution in [2.24, 2.45) is 0 Å². The number of rotatable bonds is 4. The molecule has 2 aromatic rings. The summed E-state index contributed by atoms with van der Waals surface area (Å²) in [4.78, 5) is 7.75. The summed E-state index contributed by atoms with van der Waals surface area (Å²) in [5.41, 5.74) is -0.0492. The fourth-order valence-corrected chi connectivity index (χ4v) is 1.58. The van der Waals surface area contributed by atoms with Crippen LogP contribution in [0.5, 0.6) is 11.8 Å². The highest BCUT2D eigenvalue weighted by Crippen LogP contribution is 2.37. The van der Waals surface area contributed by atoms with Gasteiger partial charge in [0, 0.05) is 24.5 Å². The first-order chi connectivity index (χ1) is 9.50. The second-order valence-corrected chi connectivity index (χ2v) is 4.00. The van der Waals surface area contributed by atoms with Crippen molar-refractivity contribution >= 4 is 0 Å². The zero-order chi connectivity index (χ0) is 14.6. The number of alkyl halides is 3. The van der Waals surface area contributed by atoms with E-state index in [2.05, 4.69) is 15.3 Å². The Morgan fingerprint density at radius 3 is 2.40 bits per heavy atom. The van der Waals surface area contributed by atoms with Gasteiger partial charge < -0.3 is 10.1 Å². The van der Waals surface area contributed by atoms with Crippen molar-refractivity contribution in [1.82, 2.24) is 15.3 Å². The summed E-state index contributed by atoms with van der Waals surface area (Å²) in [6.45, 7) is 0.569. The van der Waals surface area contributed by atoms with Crippen molar-refractivity contribution in [3.8, 4) is 11.8 Å². The van der Waals surface area contributed by atoms with Crippen LogP contribution < -0.4 is 10.1 Å². The van der Waals surface area contributed by atoms with Gasteiger partial charge >= 0.3 is 12.2 Å². The van der Waals surface area contributed by atoms with Gasteiger partial charge in [0.05, 0.1) is 5.56 Å². The van der Waals surface area contributed by atoms with Gasteiger partial charge in [-0.3, -0.25) is 0 Å². The molecule has 0 radical (unpaired) electrons. The zero-order valence-corrected chi connectivity index (χ0v) is 10.6. The van der Waals surface area contributed by atoms with Gasteiger partial charge in [0.2, 0.25) is 0 Å². The van der Waals surface area contributed by atoms with Crippen LogP contribution in [-0.2, 0) is 12.7 Å². The third kappa shape index (κ3) is 3.45. The number of halogens is 3. The predicted octanol–water partition coefficient (Wildman–Crippen LogP) is 3.01. The van der Waals surface area contributed by atoms with Crippen molar-refractivity contribution in [2.45, 2.75) is 12.7 Å². The molecule has 0 amide bonds. The Morgan fingerprint density at radius 1 is 1.15 bits per heavy atom. The smallest absolute Gasteiger partial charge is 0.419 e. The second kappa shape index (κ2) is 5.87. The van der Waals surface area contributed by atoms with Crippen molar-refractivity contribution in [2.75, 3.05) is 7.05 Å². The minimum absolute atomic E-state index is 0.124. The van der Waals surface area contributed by atoms with Crippen LogP contribution in [0.3, 0.4) is 0 Å². The number of benzene rings is 1. The van der Waals surface area contributed by atoms with E-state index in [1.807, 2.05) is 0 Å². The maximum absolute atomic E-state index is 12.8. The lowest BCUT2D eigenvalue weighted by Gasteiger charge is -2.12. The fraction of sp³-hybridized carbons (Fsp3) is 0.231. The first kappa shape index (κ1) is 14.3. The first-order valence-corrected chi connectivity index (χ1v) is 5.80. The fourth-order valence-electron chi connectivity index (χ4n) is 1.58. The highest BCUT2D eigenvalue weighted by Gasteiger charge is 2.34. The van der Waals surface area contributed by atoms with Gasteiger partial charge in [-0.05, 0) is 19.2 Å². The van der Waals surface area contributed by atoms with Crippen molar-refractivity contribution in [3.05, 3.63) is 47.8 Å². The third-order valence-electron chi connectivity index (χ3n) is 2.46. The molecule has 2 rings (SSSR count). The molecule has 7 heteroatoms. The SMILES string of the molecule is CNCc1cnc(Oc2ccccc2C(F)(F)F)nc1. The maximum Gasteiger partial charge on any atom is 0.419 e. The molecule has 106 valence electrons. The molecule has 0 saturated heterocycles. The molecule has 1 aromatic carbocycles. The molecule has 0 saturated carbocycles. The lowest BCUT2D eigenvalue weighted by Crippen LogP contribution is -2.08. The topological polar surface area (TPSA) is 47.0 Å². The summed E-state index contributed by atoms with van der Waals surface area (Å²) in [5.74, 6) is -0.318. The van der Waals surface area contributed by atoms with Gasteiger partial charge in [-0.25, -0.2) is 9.97 Å². The maximum atomic E-state index is 12.8. The molecule has 1 N–H and O–H groups in total. The van der Waals surface area contributed by atoms with E-state index in [1.165, 1.54) is 30.6 Å². The van der Waals surface area contributed by atoms with Crippen LogP contribution in [0.2, 0.25) is 0 Å². The minimum Gasteiger partial charge on any atom is -0.424 e. The van der Waals surface area contributed by atoms with E-state index in [0.717, 1.165) is 11.6 Å². The van der Waals surface area contributed by atoms with E-state index in [9.17, 15) is 13.2 Å². The van der Waals surface area contributed by atoms with Crippen LogP contribution in [0.4, 0.5) is 13.2 Å². The standard InChI is InChI=1S/C13H12F3N3O/c1-17-6-9-7-18-12(19-8-9)20-11-5-3-2-4-10(11)13(14,15)16/h2-5,7-8,17H,6H2,1H3. The van der Waals surface area contributed by atoms with Crippen LogP contribution in [-0.4, -0.2) is 17.0 Å². The average molecular weight is 283 g/mol. The highest BCUT2D eigenvalue weighted by molar-refractivity contribution is 5.37. The van der Waals surface area contributed by atoms with Crippen LogP contribution in [0.25, 0.3) is 0 Å². The van der Waals surface area contributed by atoms with Gasteiger partial charge in [-0.2, -0.15) is 13.2 Å². The zero-order valence-electron chi connectivity index (χ0n) is 10.6. The summed E-state index contributed by atoms with van der Waals surface area (Å²) in [6, 6.07) is 4.81. The molecule has 0 aliphatic heterocycles. The Balaban J connectivity index is 2.22. The van der Waals surface area contributed by atoms with Gasteiger partial charge in [-0.15, -0.1) is 0 Å². The molecular weight excluding hydrogens is 271 g/mol. The van der Waals surface area contributed by atoms with Gasteiger partial charge in [0.15, 0.2) is 0 Å². The third-order valence-corrected chi connectivity index (χ3v) is 2.46. The summed E-state index contributed by atoms with van der Waals surface area (Å²) in [5, 5.41) is 2.91. The number of aromatic nitrogens is 2. The lowest BCUT2D eigenvalue weighted by atomic mass is 10.2. The molecule has 1 aromatic heterocycles. The van der Waals surface area contributed by atoms with E-state index < -0.39 is 11.7 Å². The number of nitrogens with one attached hydrogen (secondary N) is 1. The number of nitrogens with zero attached hydrogens (tertiary/aromatic N) is 2. The summed E-state index contributed by atoms with van der Waals surface area (Å²) < 4.78 is 43.5. The quantitative estimate of drug-likeness (QED) is 0.937.